The van der Waals surface area contributed by atoms with Crippen LogP contribution in [0, 0.1) is 0 Å². The van der Waals surface area contributed by atoms with Crippen molar-refractivity contribution in [2.24, 2.45) is 0 Å². The van der Waals surface area contributed by atoms with E-state index in [1.165, 1.54) is 12.1 Å². The van der Waals surface area contributed by atoms with Crippen molar-refractivity contribution in [2.45, 2.75) is 17.4 Å². The highest BCUT2D eigenvalue weighted by Crippen LogP contribution is 2.25. The van der Waals surface area contributed by atoms with Gasteiger partial charge in [-0.15, -0.1) is 0 Å². The lowest BCUT2D eigenvalue weighted by Crippen LogP contribution is -2.41. The summed E-state index contributed by atoms with van der Waals surface area (Å²) in [4.78, 5) is 14.2. The molecule has 6 nitrogen and oxygen atoms in total. The van der Waals surface area contributed by atoms with Gasteiger partial charge in [0.1, 0.15) is 11.8 Å². The van der Waals surface area contributed by atoms with Crippen LogP contribution >= 0.6 is 11.6 Å². The standard InChI is InChI=1S/C17H17ClN2O4S/c1-24-14-7-5-13(6-8-14)20-10-9-16(17(20)21)19-25(22,23)15-4-2-3-12(18)11-15/h2-8,11,16,19H,9-10H2,1H3. The molecule has 1 unspecified atom stereocenters. The maximum Gasteiger partial charge on any atom is 0.245 e. The highest BCUT2D eigenvalue weighted by Gasteiger charge is 2.35. The quantitative estimate of drug-likeness (QED) is 0.864. The van der Waals surface area contributed by atoms with Crippen molar-refractivity contribution in [3.63, 3.8) is 0 Å². The topological polar surface area (TPSA) is 75.7 Å². The number of methoxy groups -OCH3 is 1. The largest absolute Gasteiger partial charge is 0.497 e. The lowest BCUT2D eigenvalue weighted by molar-refractivity contribution is -0.118. The molecule has 3 rings (SSSR count). The Labute approximate surface area is 151 Å². The molecule has 0 aliphatic carbocycles. The van der Waals surface area contributed by atoms with Crippen LogP contribution in [0.2, 0.25) is 5.02 Å². The van der Waals surface area contributed by atoms with E-state index in [4.69, 9.17) is 16.3 Å². The SMILES string of the molecule is COc1ccc(N2CCC(NS(=O)(=O)c3cccc(Cl)c3)C2=O)cc1. The fourth-order valence-corrected chi connectivity index (χ4v) is 4.22. The molecule has 8 heteroatoms. The Hall–Kier alpha value is -2.09. The molecule has 1 heterocycles. The van der Waals surface area contributed by atoms with Gasteiger partial charge in [0, 0.05) is 17.3 Å². The van der Waals surface area contributed by atoms with E-state index < -0.39 is 16.1 Å². The van der Waals surface area contributed by atoms with Gasteiger partial charge in [0.25, 0.3) is 0 Å². The van der Waals surface area contributed by atoms with Crippen molar-refractivity contribution in [3.05, 3.63) is 53.6 Å². The molecule has 1 fully saturated rings. The minimum Gasteiger partial charge on any atom is -0.497 e. The second-order valence-corrected chi connectivity index (χ2v) is 7.76. The molecule has 0 saturated carbocycles. The van der Waals surface area contributed by atoms with Crippen molar-refractivity contribution >= 4 is 33.2 Å². The van der Waals surface area contributed by atoms with E-state index in [1.54, 1.807) is 48.4 Å². The van der Waals surface area contributed by atoms with Gasteiger partial charge in [-0.1, -0.05) is 17.7 Å². The second kappa shape index (κ2) is 7.03. The molecule has 1 atom stereocenters. The third kappa shape index (κ3) is 3.78. The number of rotatable bonds is 5. The number of carbonyl (C=O) groups excluding carboxylic acids is 1. The van der Waals surface area contributed by atoms with E-state index in [0.717, 1.165) is 0 Å². The van der Waals surface area contributed by atoms with Crippen LogP contribution in [0.25, 0.3) is 0 Å². The summed E-state index contributed by atoms with van der Waals surface area (Å²) in [5.74, 6) is 0.407. The number of amides is 1. The summed E-state index contributed by atoms with van der Waals surface area (Å²) in [6, 6.07) is 12.2. The smallest absolute Gasteiger partial charge is 0.245 e. The zero-order chi connectivity index (χ0) is 18.0. The van der Waals surface area contributed by atoms with Crippen LogP contribution in [-0.4, -0.2) is 34.0 Å². The average Bonchev–Trinajstić information content (AvgIpc) is 2.95. The predicted molar refractivity (Wildman–Crippen MR) is 95.5 cm³/mol. The highest BCUT2D eigenvalue weighted by molar-refractivity contribution is 7.89. The number of sulfonamides is 1. The van der Waals surface area contributed by atoms with Crippen molar-refractivity contribution in [3.8, 4) is 5.75 Å². The molecule has 0 aromatic heterocycles. The van der Waals surface area contributed by atoms with E-state index in [0.29, 0.717) is 29.4 Å². The van der Waals surface area contributed by atoms with Crippen molar-refractivity contribution in [2.75, 3.05) is 18.6 Å². The van der Waals surface area contributed by atoms with Gasteiger partial charge in [-0.05, 0) is 48.9 Å². The Morgan fingerprint density at radius 2 is 1.92 bits per heavy atom. The summed E-state index contributed by atoms with van der Waals surface area (Å²) < 4.78 is 32.5. The van der Waals surface area contributed by atoms with Crippen LogP contribution in [0.5, 0.6) is 5.75 Å². The molecule has 132 valence electrons. The third-order valence-electron chi connectivity index (χ3n) is 3.99. The van der Waals surface area contributed by atoms with Crippen LogP contribution in [-0.2, 0) is 14.8 Å². The fourth-order valence-electron chi connectivity index (χ4n) is 2.70. The van der Waals surface area contributed by atoms with E-state index in [-0.39, 0.29) is 10.8 Å². The van der Waals surface area contributed by atoms with E-state index >= 15 is 0 Å². The van der Waals surface area contributed by atoms with Gasteiger partial charge in [-0.3, -0.25) is 4.79 Å². The van der Waals surface area contributed by atoms with E-state index in [9.17, 15) is 13.2 Å². The molecule has 1 amide bonds. The molecule has 1 aliphatic heterocycles. The van der Waals surface area contributed by atoms with Crippen LogP contribution in [0.3, 0.4) is 0 Å². The molecule has 1 saturated heterocycles. The number of ether oxygens (including phenoxy) is 1. The minimum absolute atomic E-state index is 0.0377. The number of carbonyl (C=O) groups is 1. The maximum absolute atomic E-state index is 12.6. The summed E-state index contributed by atoms with van der Waals surface area (Å²) in [7, 11) is -2.25. The van der Waals surface area contributed by atoms with Gasteiger partial charge < -0.3 is 9.64 Å². The number of hydrogen-bond acceptors (Lipinski definition) is 4. The number of nitrogens with zero attached hydrogens (tertiary/aromatic N) is 1. The molecule has 0 bridgehead atoms. The van der Waals surface area contributed by atoms with Gasteiger partial charge in [-0.2, -0.15) is 4.72 Å². The summed E-state index contributed by atoms with van der Waals surface area (Å²) in [5.41, 5.74) is 0.704. The molecule has 0 radical (unpaired) electrons. The summed E-state index contributed by atoms with van der Waals surface area (Å²) in [6.07, 6.45) is 0.394. The first-order valence-corrected chi connectivity index (χ1v) is 9.50. The lowest BCUT2D eigenvalue weighted by Gasteiger charge is -2.17. The average molecular weight is 381 g/mol. The third-order valence-corrected chi connectivity index (χ3v) is 5.70. The van der Waals surface area contributed by atoms with E-state index in [1.807, 2.05) is 0 Å². The number of anilines is 1. The lowest BCUT2D eigenvalue weighted by atomic mass is 10.2. The minimum atomic E-state index is -3.82. The van der Waals surface area contributed by atoms with Crippen molar-refractivity contribution in [1.29, 1.82) is 0 Å². The van der Waals surface area contributed by atoms with E-state index in [2.05, 4.69) is 4.72 Å². The summed E-state index contributed by atoms with van der Waals surface area (Å²) in [5, 5.41) is 0.320. The Bertz CT molecular complexity index is 884. The zero-order valence-corrected chi connectivity index (χ0v) is 15.0. The maximum atomic E-state index is 12.6. The van der Waals surface area contributed by atoms with Crippen LogP contribution in [0.4, 0.5) is 5.69 Å². The van der Waals surface area contributed by atoms with Crippen LogP contribution in [0.15, 0.2) is 53.4 Å². The number of nitrogens with one attached hydrogen (secondary N) is 1. The van der Waals surface area contributed by atoms with Crippen LogP contribution < -0.4 is 14.4 Å². The Kier molecular flexibility index (Phi) is 4.99. The molecule has 1 aliphatic rings. The Morgan fingerprint density at radius 3 is 2.56 bits per heavy atom. The number of halogens is 1. The predicted octanol–water partition coefficient (Wildman–Crippen LogP) is 2.43. The first-order valence-electron chi connectivity index (χ1n) is 7.64. The van der Waals surface area contributed by atoms with Crippen molar-refractivity contribution < 1.29 is 17.9 Å². The van der Waals surface area contributed by atoms with Gasteiger partial charge in [0.05, 0.1) is 12.0 Å². The van der Waals surface area contributed by atoms with Gasteiger partial charge in [0.2, 0.25) is 15.9 Å². The molecule has 0 spiro atoms. The second-order valence-electron chi connectivity index (χ2n) is 5.61. The first-order chi connectivity index (χ1) is 11.9. The first kappa shape index (κ1) is 17.7. The van der Waals surface area contributed by atoms with Crippen LogP contribution in [0.1, 0.15) is 6.42 Å². The Balaban J connectivity index is 1.75. The van der Waals surface area contributed by atoms with Gasteiger partial charge in [0.15, 0.2) is 0 Å². The van der Waals surface area contributed by atoms with Gasteiger partial charge in [-0.25, -0.2) is 8.42 Å². The molecule has 25 heavy (non-hydrogen) atoms. The number of hydrogen-bond donors (Lipinski definition) is 1. The molecular weight excluding hydrogens is 364 g/mol. The fraction of sp³-hybridized carbons (Fsp3) is 0.235. The monoisotopic (exact) mass is 380 g/mol. The summed E-state index contributed by atoms with van der Waals surface area (Å²) >= 11 is 5.85. The molecule has 2 aromatic carbocycles. The molecular formula is C17H17ClN2O4S. The highest BCUT2D eigenvalue weighted by atomic mass is 35.5. The Morgan fingerprint density at radius 1 is 1.20 bits per heavy atom. The molecule has 1 N–H and O–H groups in total. The van der Waals surface area contributed by atoms with Gasteiger partial charge >= 0.3 is 0 Å². The van der Waals surface area contributed by atoms with Crippen molar-refractivity contribution in [1.82, 2.24) is 4.72 Å². The zero-order valence-electron chi connectivity index (χ0n) is 13.5. The molecule has 2 aromatic rings. The normalized spacial score (nSPS) is 17.8. The summed E-state index contributed by atoms with van der Waals surface area (Å²) in [6.45, 7) is 0.438. The number of benzene rings is 2.